The number of amides is 1. The van der Waals surface area contributed by atoms with E-state index in [0.29, 0.717) is 47.2 Å². The van der Waals surface area contributed by atoms with Crippen LogP contribution in [-0.2, 0) is 0 Å². The molecular weight excluding hydrogens is 380 g/mol. The molecule has 0 radical (unpaired) electrons. The van der Waals surface area contributed by atoms with E-state index in [1.165, 1.54) is 6.20 Å². The molecular formula is C21H18N8O. The normalized spacial score (nSPS) is 10.5. The molecule has 3 heterocycles. The predicted molar refractivity (Wildman–Crippen MR) is 113 cm³/mol. The zero-order valence-corrected chi connectivity index (χ0v) is 15.9. The Balaban J connectivity index is 1.51. The van der Waals surface area contributed by atoms with Gasteiger partial charge >= 0.3 is 0 Å². The number of benzene rings is 1. The van der Waals surface area contributed by atoms with Gasteiger partial charge in [0.1, 0.15) is 11.9 Å². The lowest BCUT2D eigenvalue weighted by Gasteiger charge is -2.11. The van der Waals surface area contributed by atoms with Crippen molar-refractivity contribution in [1.82, 2.24) is 19.4 Å². The Bertz CT molecular complexity index is 1240. The molecule has 0 fully saturated rings. The molecule has 1 amide bonds. The fourth-order valence-corrected chi connectivity index (χ4v) is 2.96. The Morgan fingerprint density at radius 2 is 2.03 bits per heavy atom. The van der Waals surface area contributed by atoms with Gasteiger partial charge in [-0.2, -0.15) is 5.26 Å². The highest BCUT2D eigenvalue weighted by Gasteiger charge is 2.10. The lowest BCUT2D eigenvalue weighted by atomic mass is 10.1. The third-order valence-electron chi connectivity index (χ3n) is 4.43. The molecule has 0 saturated carbocycles. The van der Waals surface area contributed by atoms with Crippen LogP contribution in [0.3, 0.4) is 0 Å². The SMILES string of the molecule is N#Cc1ccc(NCCNc2nc(-c3cccc(C(N)=O)c3)cn3ccnc23)nc1. The van der Waals surface area contributed by atoms with Crippen LogP contribution in [-0.4, -0.2) is 38.3 Å². The number of nitrogens with zero attached hydrogens (tertiary/aromatic N) is 5. The first-order chi connectivity index (χ1) is 14.6. The Labute approximate surface area is 172 Å². The van der Waals surface area contributed by atoms with Crippen LogP contribution in [0.15, 0.2) is 61.2 Å². The van der Waals surface area contributed by atoms with Crippen molar-refractivity contribution in [1.29, 1.82) is 5.26 Å². The molecule has 0 atom stereocenters. The van der Waals surface area contributed by atoms with Crippen molar-refractivity contribution in [3.8, 4) is 17.3 Å². The number of rotatable bonds is 7. The Kier molecular flexibility index (Phi) is 5.21. The Morgan fingerprint density at radius 1 is 1.17 bits per heavy atom. The van der Waals surface area contributed by atoms with Gasteiger partial charge in [0.15, 0.2) is 11.5 Å². The van der Waals surface area contributed by atoms with Gasteiger partial charge in [0.2, 0.25) is 5.91 Å². The van der Waals surface area contributed by atoms with Crippen LogP contribution in [0.25, 0.3) is 16.9 Å². The van der Waals surface area contributed by atoms with Crippen molar-refractivity contribution in [3.63, 3.8) is 0 Å². The summed E-state index contributed by atoms with van der Waals surface area (Å²) < 4.78 is 1.87. The molecule has 0 aliphatic heterocycles. The lowest BCUT2D eigenvalue weighted by molar-refractivity contribution is 0.100. The van der Waals surface area contributed by atoms with E-state index in [4.69, 9.17) is 11.0 Å². The van der Waals surface area contributed by atoms with Crippen LogP contribution in [0.5, 0.6) is 0 Å². The van der Waals surface area contributed by atoms with Crippen molar-refractivity contribution in [2.45, 2.75) is 0 Å². The Morgan fingerprint density at radius 3 is 2.80 bits per heavy atom. The highest BCUT2D eigenvalue weighted by Crippen LogP contribution is 2.22. The molecule has 30 heavy (non-hydrogen) atoms. The van der Waals surface area contributed by atoms with E-state index in [2.05, 4.69) is 25.6 Å². The minimum Gasteiger partial charge on any atom is -0.368 e. The molecule has 0 saturated heterocycles. The van der Waals surface area contributed by atoms with Crippen LogP contribution >= 0.6 is 0 Å². The topological polar surface area (TPSA) is 134 Å². The van der Waals surface area contributed by atoms with Gasteiger partial charge < -0.3 is 20.8 Å². The van der Waals surface area contributed by atoms with Crippen LogP contribution in [0, 0.1) is 11.3 Å². The third-order valence-corrected chi connectivity index (χ3v) is 4.43. The predicted octanol–water partition coefficient (Wildman–Crippen LogP) is 2.29. The highest BCUT2D eigenvalue weighted by molar-refractivity contribution is 5.94. The number of primary amides is 1. The summed E-state index contributed by atoms with van der Waals surface area (Å²) in [6, 6.07) is 12.5. The van der Waals surface area contributed by atoms with Gasteiger partial charge in [-0.3, -0.25) is 4.79 Å². The second kappa shape index (κ2) is 8.28. The number of aromatic nitrogens is 4. The Hall–Kier alpha value is -4.45. The fourth-order valence-electron chi connectivity index (χ4n) is 2.96. The largest absolute Gasteiger partial charge is 0.368 e. The van der Waals surface area contributed by atoms with Gasteiger partial charge in [-0.1, -0.05) is 12.1 Å². The molecule has 0 bridgehead atoms. The first kappa shape index (κ1) is 18.9. The highest BCUT2D eigenvalue weighted by atomic mass is 16.1. The molecule has 4 N–H and O–H groups in total. The molecule has 1 aromatic carbocycles. The molecule has 148 valence electrons. The van der Waals surface area contributed by atoms with Gasteiger partial charge in [0, 0.05) is 49.0 Å². The average molecular weight is 398 g/mol. The summed E-state index contributed by atoms with van der Waals surface area (Å²) >= 11 is 0. The van der Waals surface area contributed by atoms with Crippen LogP contribution in [0.2, 0.25) is 0 Å². The molecule has 9 nitrogen and oxygen atoms in total. The van der Waals surface area contributed by atoms with Crippen molar-refractivity contribution in [2.75, 3.05) is 23.7 Å². The van der Waals surface area contributed by atoms with E-state index in [-0.39, 0.29) is 0 Å². The van der Waals surface area contributed by atoms with Crippen LogP contribution in [0.1, 0.15) is 15.9 Å². The summed E-state index contributed by atoms with van der Waals surface area (Å²) in [5, 5.41) is 15.3. The number of hydrogen-bond donors (Lipinski definition) is 3. The van der Waals surface area contributed by atoms with Crippen LogP contribution < -0.4 is 16.4 Å². The number of carbonyl (C=O) groups is 1. The standard InChI is InChI=1S/C21H18N8O/c22-11-14-4-5-18(27-12-14)24-6-7-25-20-21-26-8-9-29(21)13-17(28-20)15-2-1-3-16(10-15)19(23)30/h1-5,8-10,12-13H,6-7H2,(H2,23,30)(H,24,27)(H,25,28). The molecule has 0 aliphatic rings. The molecule has 0 unspecified atom stereocenters. The molecule has 4 aromatic rings. The summed E-state index contributed by atoms with van der Waals surface area (Å²) in [5.41, 5.74) is 8.50. The average Bonchev–Trinajstić information content (AvgIpc) is 3.26. The summed E-state index contributed by atoms with van der Waals surface area (Å²) in [6.07, 6.45) is 6.91. The minimum absolute atomic E-state index is 0.425. The maximum absolute atomic E-state index is 11.5. The van der Waals surface area contributed by atoms with Crippen LogP contribution in [0.4, 0.5) is 11.6 Å². The molecule has 0 spiro atoms. The maximum Gasteiger partial charge on any atom is 0.248 e. The first-order valence-electron chi connectivity index (χ1n) is 9.22. The molecule has 0 aliphatic carbocycles. The summed E-state index contributed by atoms with van der Waals surface area (Å²) in [4.78, 5) is 24.7. The van der Waals surface area contributed by atoms with Crippen molar-refractivity contribution in [2.24, 2.45) is 5.73 Å². The van der Waals surface area contributed by atoms with Gasteiger partial charge in [-0.05, 0) is 24.3 Å². The van der Waals surface area contributed by atoms with Crippen molar-refractivity contribution >= 4 is 23.2 Å². The molecule has 3 aromatic heterocycles. The van der Waals surface area contributed by atoms with E-state index in [0.717, 1.165) is 5.56 Å². The zero-order chi connectivity index (χ0) is 20.9. The zero-order valence-electron chi connectivity index (χ0n) is 15.9. The van der Waals surface area contributed by atoms with Gasteiger partial charge in [0.05, 0.1) is 11.3 Å². The molecule has 4 rings (SSSR count). The van der Waals surface area contributed by atoms with E-state index in [9.17, 15) is 4.79 Å². The quantitative estimate of drug-likeness (QED) is 0.407. The van der Waals surface area contributed by atoms with E-state index >= 15 is 0 Å². The number of carbonyl (C=O) groups excluding carboxylic acids is 1. The van der Waals surface area contributed by atoms with E-state index in [1.54, 1.807) is 36.5 Å². The number of nitrogens with one attached hydrogen (secondary N) is 2. The number of hydrogen-bond acceptors (Lipinski definition) is 7. The van der Waals surface area contributed by atoms with Gasteiger partial charge in [-0.25, -0.2) is 15.0 Å². The number of nitriles is 1. The van der Waals surface area contributed by atoms with E-state index < -0.39 is 5.91 Å². The number of imidazole rings is 1. The number of anilines is 2. The summed E-state index contributed by atoms with van der Waals surface area (Å²) in [5.74, 6) is 0.824. The number of nitrogens with two attached hydrogens (primary N) is 1. The second-order valence-corrected chi connectivity index (χ2v) is 6.48. The second-order valence-electron chi connectivity index (χ2n) is 6.48. The van der Waals surface area contributed by atoms with Gasteiger partial charge in [0.25, 0.3) is 0 Å². The maximum atomic E-state index is 11.5. The monoisotopic (exact) mass is 398 g/mol. The first-order valence-corrected chi connectivity index (χ1v) is 9.22. The van der Waals surface area contributed by atoms with Crippen molar-refractivity contribution in [3.05, 3.63) is 72.3 Å². The molecule has 9 heteroatoms. The minimum atomic E-state index is -0.485. The fraction of sp³-hybridized carbons (Fsp3) is 0.0952. The number of pyridine rings is 1. The lowest BCUT2D eigenvalue weighted by Crippen LogP contribution is -2.16. The third kappa shape index (κ3) is 4.02. The van der Waals surface area contributed by atoms with Crippen molar-refractivity contribution < 1.29 is 4.79 Å². The van der Waals surface area contributed by atoms with Gasteiger partial charge in [-0.15, -0.1) is 0 Å². The van der Waals surface area contributed by atoms with E-state index in [1.807, 2.05) is 28.9 Å². The number of fused-ring (bicyclic) bond motifs is 1. The summed E-state index contributed by atoms with van der Waals surface area (Å²) in [7, 11) is 0. The smallest absolute Gasteiger partial charge is 0.248 e. The summed E-state index contributed by atoms with van der Waals surface area (Å²) in [6.45, 7) is 1.16.